The zero-order valence-corrected chi connectivity index (χ0v) is 21.0. The fraction of sp³-hybridized carbons (Fsp3) is 0.571. The highest BCUT2D eigenvalue weighted by atomic mass is 16.2. The quantitative estimate of drug-likeness (QED) is 0.458. The van der Waals surface area contributed by atoms with Crippen molar-refractivity contribution in [3.8, 4) is 0 Å². The molecular formula is C28H42N4O. The molecule has 2 aromatic rings. The molecule has 5 nitrogen and oxygen atoms in total. The molecule has 1 aliphatic rings. The molecule has 0 spiro atoms. The molecule has 33 heavy (non-hydrogen) atoms. The second-order valence-corrected chi connectivity index (χ2v) is 9.93. The van der Waals surface area contributed by atoms with Crippen LogP contribution in [0.25, 0.3) is 0 Å². The van der Waals surface area contributed by atoms with Crippen molar-refractivity contribution in [2.75, 3.05) is 29.9 Å². The molecule has 1 aliphatic heterocycles. The summed E-state index contributed by atoms with van der Waals surface area (Å²) < 4.78 is 0. The maximum atomic E-state index is 12.6. The lowest BCUT2D eigenvalue weighted by Crippen LogP contribution is -2.47. The molecule has 1 fully saturated rings. The Morgan fingerprint density at radius 3 is 2.45 bits per heavy atom. The Bertz CT molecular complexity index is 829. The lowest BCUT2D eigenvalue weighted by atomic mass is 9.98. The van der Waals surface area contributed by atoms with Crippen molar-refractivity contribution >= 4 is 17.3 Å². The number of nitrogens with zero attached hydrogens (tertiary/aromatic N) is 3. The minimum Gasteiger partial charge on any atom is -0.379 e. The van der Waals surface area contributed by atoms with E-state index in [0.29, 0.717) is 30.2 Å². The molecule has 1 N–H and O–H groups in total. The molecule has 1 saturated heterocycles. The van der Waals surface area contributed by atoms with Crippen LogP contribution in [0.1, 0.15) is 65.5 Å². The van der Waals surface area contributed by atoms with E-state index in [0.717, 1.165) is 56.8 Å². The van der Waals surface area contributed by atoms with Gasteiger partial charge in [0.05, 0.1) is 12.2 Å². The van der Waals surface area contributed by atoms with Gasteiger partial charge < -0.3 is 15.1 Å². The summed E-state index contributed by atoms with van der Waals surface area (Å²) in [5, 5.41) is 3.47. The number of anilines is 2. The summed E-state index contributed by atoms with van der Waals surface area (Å²) in [7, 11) is 0. The first-order chi connectivity index (χ1) is 16.0. The predicted octanol–water partition coefficient (Wildman–Crippen LogP) is 5.97. The molecule has 180 valence electrons. The third-order valence-corrected chi connectivity index (χ3v) is 6.82. The Labute approximate surface area is 200 Å². The Kier molecular flexibility index (Phi) is 9.59. The van der Waals surface area contributed by atoms with Crippen LogP contribution in [-0.2, 0) is 11.3 Å². The largest absolute Gasteiger partial charge is 0.379 e. The van der Waals surface area contributed by atoms with Gasteiger partial charge in [-0.2, -0.15) is 0 Å². The Morgan fingerprint density at radius 1 is 1.12 bits per heavy atom. The van der Waals surface area contributed by atoms with Gasteiger partial charge in [-0.25, -0.2) is 0 Å². The third-order valence-electron chi connectivity index (χ3n) is 6.82. The van der Waals surface area contributed by atoms with Crippen LogP contribution < -0.4 is 10.2 Å². The summed E-state index contributed by atoms with van der Waals surface area (Å²) >= 11 is 0. The fourth-order valence-corrected chi connectivity index (χ4v) is 4.38. The molecule has 1 unspecified atom stereocenters. The van der Waals surface area contributed by atoms with Crippen LogP contribution in [0.4, 0.5) is 11.4 Å². The smallest absolute Gasteiger partial charge is 0.222 e. The lowest BCUT2D eigenvalue weighted by molar-refractivity contribution is -0.133. The molecule has 0 bridgehead atoms. The maximum absolute atomic E-state index is 12.6. The van der Waals surface area contributed by atoms with E-state index in [4.69, 9.17) is 0 Å². The molecule has 5 heteroatoms. The van der Waals surface area contributed by atoms with Crippen LogP contribution in [0.5, 0.6) is 0 Å². The van der Waals surface area contributed by atoms with Gasteiger partial charge in [0.1, 0.15) is 0 Å². The first kappa shape index (κ1) is 25.1. The fourth-order valence-electron chi connectivity index (χ4n) is 4.38. The van der Waals surface area contributed by atoms with Gasteiger partial charge in [-0.3, -0.25) is 9.78 Å². The van der Waals surface area contributed by atoms with E-state index in [1.54, 1.807) is 0 Å². The normalized spacial score (nSPS) is 15.5. The van der Waals surface area contributed by atoms with Crippen molar-refractivity contribution in [1.82, 2.24) is 9.88 Å². The van der Waals surface area contributed by atoms with E-state index < -0.39 is 0 Å². The van der Waals surface area contributed by atoms with Crippen LogP contribution in [0.2, 0.25) is 0 Å². The zero-order chi connectivity index (χ0) is 23.6. The highest BCUT2D eigenvalue weighted by molar-refractivity contribution is 5.76. The van der Waals surface area contributed by atoms with E-state index >= 15 is 0 Å². The summed E-state index contributed by atoms with van der Waals surface area (Å²) in [6.45, 7) is 12.5. The van der Waals surface area contributed by atoms with E-state index in [-0.39, 0.29) is 0 Å². The number of rotatable bonds is 11. The summed E-state index contributed by atoms with van der Waals surface area (Å²) in [4.78, 5) is 21.7. The van der Waals surface area contributed by atoms with Crippen molar-refractivity contribution in [2.45, 2.75) is 72.4 Å². The minimum absolute atomic E-state index is 0.333. The van der Waals surface area contributed by atoms with Crippen molar-refractivity contribution in [3.05, 3.63) is 54.4 Å². The second kappa shape index (κ2) is 12.6. The average Bonchev–Trinajstić information content (AvgIpc) is 2.84. The van der Waals surface area contributed by atoms with Crippen molar-refractivity contribution in [2.24, 2.45) is 11.8 Å². The van der Waals surface area contributed by atoms with Crippen molar-refractivity contribution in [1.29, 1.82) is 0 Å². The monoisotopic (exact) mass is 450 g/mol. The average molecular weight is 451 g/mol. The highest BCUT2D eigenvalue weighted by Gasteiger charge is 2.27. The van der Waals surface area contributed by atoms with E-state index in [1.807, 2.05) is 24.4 Å². The first-order valence-electron chi connectivity index (χ1n) is 12.7. The number of pyridine rings is 1. The molecule has 1 aromatic carbocycles. The van der Waals surface area contributed by atoms with E-state index in [2.05, 4.69) is 72.1 Å². The molecule has 1 amide bonds. The standard InChI is InChI=1S/C28H42N4O/c1-5-23(4)20-28(33)31-17-14-27(15-18-31)32(19-13-22(2)3)26-11-9-24(10-12-26)30-21-25-8-6-7-16-29-25/h6-12,16,22-23,27,30H,5,13-15,17-21H2,1-4H3. The van der Waals surface area contributed by atoms with Gasteiger partial charge in [-0.1, -0.05) is 40.2 Å². The molecule has 0 saturated carbocycles. The SMILES string of the molecule is CCC(C)CC(=O)N1CCC(N(CCC(C)C)c2ccc(NCc3ccccn3)cc2)CC1. The van der Waals surface area contributed by atoms with Crippen LogP contribution in [0, 0.1) is 11.8 Å². The molecular weight excluding hydrogens is 408 g/mol. The number of nitrogens with one attached hydrogen (secondary N) is 1. The van der Waals surface area contributed by atoms with Crippen LogP contribution in [0.15, 0.2) is 48.7 Å². The zero-order valence-electron chi connectivity index (χ0n) is 21.0. The number of piperidine rings is 1. The predicted molar refractivity (Wildman–Crippen MR) is 138 cm³/mol. The maximum Gasteiger partial charge on any atom is 0.222 e. The summed E-state index contributed by atoms with van der Waals surface area (Å²) in [6.07, 6.45) is 6.85. The van der Waals surface area contributed by atoms with E-state index in [9.17, 15) is 4.79 Å². The third kappa shape index (κ3) is 7.76. The minimum atomic E-state index is 0.333. The van der Waals surface area contributed by atoms with Gasteiger partial charge in [-0.15, -0.1) is 0 Å². The van der Waals surface area contributed by atoms with Gasteiger partial charge in [0.15, 0.2) is 0 Å². The molecule has 1 aromatic heterocycles. The molecule has 2 heterocycles. The lowest BCUT2D eigenvalue weighted by Gasteiger charge is -2.40. The summed E-state index contributed by atoms with van der Waals surface area (Å²) in [6, 6.07) is 15.3. The van der Waals surface area contributed by atoms with Gasteiger partial charge >= 0.3 is 0 Å². The first-order valence-corrected chi connectivity index (χ1v) is 12.7. The molecule has 0 aliphatic carbocycles. The van der Waals surface area contributed by atoms with Crippen molar-refractivity contribution < 1.29 is 4.79 Å². The molecule has 0 radical (unpaired) electrons. The number of likely N-dealkylation sites (tertiary alicyclic amines) is 1. The number of hydrogen-bond donors (Lipinski definition) is 1. The van der Waals surface area contributed by atoms with Crippen LogP contribution in [-0.4, -0.2) is 41.5 Å². The highest BCUT2D eigenvalue weighted by Crippen LogP contribution is 2.27. The second-order valence-electron chi connectivity index (χ2n) is 9.93. The van der Waals surface area contributed by atoms with Crippen molar-refractivity contribution in [3.63, 3.8) is 0 Å². The number of aromatic nitrogens is 1. The van der Waals surface area contributed by atoms with Crippen LogP contribution >= 0.6 is 0 Å². The number of hydrogen-bond acceptors (Lipinski definition) is 4. The molecule has 3 rings (SSSR count). The Hall–Kier alpha value is -2.56. The molecule has 1 atom stereocenters. The number of benzene rings is 1. The number of carbonyl (C=O) groups is 1. The van der Waals surface area contributed by atoms with Gasteiger partial charge in [0.25, 0.3) is 0 Å². The summed E-state index contributed by atoms with van der Waals surface area (Å²) in [5.41, 5.74) is 3.43. The Morgan fingerprint density at radius 2 is 1.85 bits per heavy atom. The van der Waals surface area contributed by atoms with Gasteiger partial charge in [0.2, 0.25) is 5.91 Å². The van der Waals surface area contributed by atoms with Crippen LogP contribution in [0.3, 0.4) is 0 Å². The van der Waals surface area contributed by atoms with E-state index in [1.165, 1.54) is 12.1 Å². The number of carbonyl (C=O) groups excluding carboxylic acids is 1. The van der Waals surface area contributed by atoms with Gasteiger partial charge in [-0.05, 0) is 67.5 Å². The summed E-state index contributed by atoms with van der Waals surface area (Å²) in [5.74, 6) is 1.48. The number of amides is 1. The topological polar surface area (TPSA) is 48.5 Å². The Balaban J connectivity index is 1.60. The van der Waals surface area contributed by atoms with Gasteiger partial charge in [0, 0.05) is 49.7 Å².